The first kappa shape index (κ1) is 22.7. The Balaban J connectivity index is 2.67. The van der Waals surface area contributed by atoms with Crippen molar-refractivity contribution in [2.75, 3.05) is 0 Å². The van der Waals surface area contributed by atoms with E-state index in [4.69, 9.17) is 9.47 Å². The van der Waals surface area contributed by atoms with Gasteiger partial charge in [0.1, 0.15) is 24.0 Å². The zero-order chi connectivity index (χ0) is 20.4. The highest BCUT2D eigenvalue weighted by Crippen LogP contribution is 2.14. The van der Waals surface area contributed by atoms with Crippen LogP contribution in [0.25, 0.3) is 0 Å². The molecule has 27 heavy (non-hydrogen) atoms. The summed E-state index contributed by atoms with van der Waals surface area (Å²) in [7, 11) is 0. The van der Waals surface area contributed by atoms with Gasteiger partial charge in [-0.1, -0.05) is 44.2 Å². The van der Waals surface area contributed by atoms with Gasteiger partial charge in [-0.2, -0.15) is 0 Å². The van der Waals surface area contributed by atoms with Crippen molar-refractivity contribution in [3.05, 3.63) is 35.9 Å². The molecule has 0 aliphatic rings. The quantitative estimate of drug-likeness (QED) is 0.657. The van der Waals surface area contributed by atoms with Crippen LogP contribution in [0, 0.1) is 5.92 Å². The Hall–Kier alpha value is -2.37. The standard InChI is InChI=1S/C21H31NO5/c1-6-15(2)18(23)13-12-17(19(24)27-21(3,4)5)22-20(25)26-14-16-10-8-7-9-11-16/h7-11,15,17H,6,12-14H2,1-5H3,(H,22,25). The average molecular weight is 377 g/mol. The summed E-state index contributed by atoms with van der Waals surface area (Å²) in [6.07, 6.45) is 0.393. The van der Waals surface area contributed by atoms with E-state index in [1.807, 2.05) is 44.2 Å². The number of hydrogen-bond acceptors (Lipinski definition) is 5. The first-order chi connectivity index (χ1) is 12.6. The molecule has 0 saturated carbocycles. The van der Waals surface area contributed by atoms with Crippen molar-refractivity contribution in [3.63, 3.8) is 0 Å². The molecule has 0 spiro atoms. The summed E-state index contributed by atoms with van der Waals surface area (Å²) in [6.45, 7) is 9.14. The fourth-order valence-corrected chi connectivity index (χ4v) is 2.29. The average Bonchev–Trinajstić information content (AvgIpc) is 2.61. The molecule has 0 fully saturated rings. The van der Waals surface area contributed by atoms with Crippen molar-refractivity contribution in [1.82, 2.24) is 5.32 Å². The second-order valence-corrected chi connectivity index (χ2v) is 7.61. The number of ketones is 1. The van der Waals surface area contributed by atoms with Gasteiger partial charge < -0.3 is 14.8 Å². The number of alkyl carbamates (subject to hydrolysis) is 1. The summed E-state index contributed by atoms with van der Waals surface area (Å²) in [5.41, 5.74) is 0.152. The van der Waals surface area contributed by atoms with Crippen LogP contribution in [0.5, 0.6) is 0 Å². The van der Waals surface area contributed by atoms with Gasteiger partial charge >= 0.3 is 12.1 Å². The van der Waals surface area contributed by atoms with Crippen LogP contribution in [0.1, 0.15) is 59.4 Å². The van der Waals surface area contributed by atoms with Crippen molar-refractivity contribution < 1.29 is 23.9 Å². The third-order valence-corrected chi connectivity index (χ3v) is 4.04. The zero-order valence-corrected chi connectivity index (χ0v) is 16.9. The molecule has 1 aromatic carbocycles. The Morgan fingerprint density at radius 2 is 1.74 bits per heavy atom. The van der Waals surface area contributed by atoms with E-state index in [1.165, 1.54) is 0 Å². The molecule has 6 nitrogen and oxygen atoms in total. The molecular formula is C21H31NO5. The van der Waals surface area contributed by atoms with Gasteiger partial charge in [0.2, 0.25) is 0 Å². The molecule has 0 aliphatic heterocycles. The van der Waals surface area contributed by atoms with Gasteiger partial charge in [-0.3, -0.25) is 4.79 Å². The normalized spacial score (nSPS) is 13.4. The van der Waals surface area contributed by atoms with Gasteiger partial charge in [0, 0.05) is 12.3 Å². The smallest absolute Gasteiger partial charge is 0.408 e. The number of hydrogen-bond donors (Lipinski definition) is 1. The lowest BCUT2D eigenvalue weighted by Gasteiger charge is -2.24. The number of carbonyl (C=O) groups is 3. The molecule has 0 radical (unpaired) electrons. The van der Waals surface area contributed by atoms with Crippen LogP contribution in [-0.2, 0) is 25.7 Å². The summed E-state index contributed by atoms with van der Waals surface area (Å²) < 4.78 is 10.5. The first-order valence-corrected chi connectivity index (χ1v) is 9.35. The van der Waals surface area contributed by atoms with Crippen LogP contribution in [0.3, 0.4) is 0 Å². The second-order valence-electron chi connectivity index (χ2n) is 7.61. The minimum absolute atomic E-state index is 0.0607. The minimum atomic E-state index is -0.930. The van der Waals surface area contributed by atoms with E-state index in [9.17, 15) is 14.4 Å². The van der Waals surface area contributed by atoms with Gasteiger partial charge in [-0.05, 0) is 39.2 Å². The Bertz CT molecular complexity index is 621. The van der Waals surface area contributed by atoms with Gasteiger partial charge in [-0.15, -0.1) is 0 Å². The largest absolute Gasteiger partial charge is 0.458 e. The third kappa shape index (κ3) is 9.22. The number of rotatable bonds is 9. The maximum Gasteiger partial charge on any atom is 0.408 e. The first-order valence-electron chi connectivity index (χ1n) is 9.35. The molecule has 0 bridgehead atoms. The van der Waals surface area contributed by atoms with Crippen molar-refractivity contribution >= 4 is 17.8 Å². The van der Waals surface area contributed by atoms with E-state index in [2.05, 4.69) is 5.32 Å². The second kappa shape index (κ2) is 10.7. The van der Waals surface area contributed by atoms with E-state index >= 15 is 0 Å². The number of carbonyl (C=O) groups excluding carboxylic acids is 3. The van der Waals surface area contributed by atoms with Gasteiger partial charge in [0.15, 0.2) is 0 Å². The lowest BCUT2D eigenvalue weighted by Crippen LogP contribution is -2.44. The van der Waals surface area contributed by atoms with Crippen LogP contribution in [-0.4, -0.2) is 29.5 Å². The fourth-order valence-electron chi connectivity index (χ4n) is 2.29. The highest BCUT2D eigenvalue weighted by atomic mass is 16.6. The Morgan fingerprint density at radius 1 is 1.11 bits per heavy atom. The number of benzene rings is 1. The molecule has 1 N–H and O–H groups in total. The van der Waals surface area contributed by atoms with Crippen molar-refractivity contribution in [3.8, 4) is 0 Å². The van der Waals surface area contributed by atoms with E-state index in [0.717, 1.165) is 12.0 Å². The highest BCUT2D eigenvalue weighted by molar-refractivity contribution is 5.84. The van der Waals surface area contributed by atoms with Crippen LogP contribution in [0.4, 0.5) is 4.79 Å². The van der Waals surface area contributed by atoms with Crippen LogP contribution in [0.2, 0.25) is 0 Å². The van der Waals surface area contributed by atoms with Crippen LogP contribution in [0.15, 0.2) is 30.3 Å². The maximum atomic E-state index is 12.4. The summed E-state index contributed by atoms with van der Waals surface area (Å²) in [5.74, 6) is -0.587. The number of amides is 1. The minimum Gasteiger partial charge on any atom is -0.458 e. The van der Waals surface area contributed by atoms with Crippen LogP contribution < -0.4 is 5.32 Å². The molecule has 1 rings (SSSR count). The SMILES string of the molecule is CCC(C)C(=O)CCC(NC(=O)OCc1ccccc1)C(=O)OC(C)(C)C. The molecular weight excluding hydrogens is 346 g/mol. The molecule has 0 aliphatic carbocycles. The van der Waals surface area contributed by atoms with Gasteiger partial charge in [-0.25, -0.2) is 9.59 Å². The number of nitrogens with one attached hydrogen (secondary N) is 1. The molecule has 2 atom stereocenters. The molecule has 150 valence electrons. The number of ether oxygens (including phenoxy) is 2. The van der Waals surface area contributed by atoms with Gasteiger partial charge in [0.25, 0.3) is 0 Å². The van der Waals surface area contributed by atoms with Crippen molar-refractivity contribution in [1.29, 1.82) is 0 Å². The summed E-state index contributed by atoms with van der Waals surface area (Å²) in [6, 6.07) is 8.31. The van der Waals surface area contributed by atoms with Crippen molar-refractivity contribution in [2.45, 2.75) is 72.1 Å². The van der Waals surface area contributed by atoms with Gasteiger partial charge in [0.05, 0.1) is 0 Å². The Labute approximate surface area is 161 Å². The predicted octanol–water partition coefficient (Wildman–Crippen LogP) is 4.02. The lowest BCUT2D eigenvalue weighted by molar-refractivity contribution is -0.157. The summed E-state index contributed by atoms with van der Waals surface area (Å²) in [4.78, 5) is 36.6. The zero-order valence-electron chi connectivity index (χ0n) is 16.9. The van der Waals surface area contributed by atoms with E-state index in [1.54, 1.807) is 20.8 Å². The third-order valence-electron chi connectivity index (χ3n) is 4.04. The number of esters is 1. The summed E-state index contributed by atoms with van der Waals surface area (Å²) in [5, 5.41) is 2.53. The molecule has 0 saturated heterocycles. The molecule has 2 unspecified atom stereocenters. The van der Waals surface area contributed by atoms with Crippen molar-refractivity contribution in [2.24, 2.45) is 5.92 Å². The topological polar surface area (TPSA) is 81.7 Å². The molecule has 1 aromatic rings. The Morgan fingerprint density at radius 3 is 2.30 bits per heavy atom. The molecule has 0 heterocycles. The van der Waals surface area contributed by atoms with Crippen LogP contribution >= 0.6 is 0 Å². The Kier molecular flexibility index (Phi) is 8.98. The van der Waals surface area contributed by atoms with E-state index < -0.39 is 23.7 Å². The fraction of sp³-hybridized carbons (Fsp3) is 0.571. The molecule has 6 heteroatoms. The summed E-state index contributed by atoms with van der Waals surface area (Å²) >= 11 is 0. The molecule has 0 aromatic heterocycles. The monoisotopic (exact) mass is 377 g/mol. The predicted molar refractivity (Wildman–Crippen MR) is 103 cm³/mol. The highest BCUT2D eigenvalue weighted by Gasteiger charge is 2.28. The van der Waals surface area contributed by atoms with E-state index in [0.29, 0.717) is 0 Å². The maximum absolute atomic E-state index is 12.4. The lowest BCUT2D eigenvalue weighted by atomic mass is 9.98. The van der Waals surface area contributed by atoms with E-state index in [-0.39, 0.29) is 31.1 Å². The number of Topliss-reactive ketones (excluding diaryl/α,β-unsaturated/α-hetero) is 1. The molecule has 1 amide bonds.